The Morgan fingerprint density at radius 2 is 1.73 bits per heavy atom. The van der Waals surface area contributed by atoms with Crippen molar-refractivity contribution in [2.45, 2.75) is 76.3 Å². The number of fused-ring (bicyclic) bond motifs is 1. The van der Waals surface area contributed by atoms with Crippen LogP contribution in [0.5, 0.6) is 0 Å². The monoisotopic (exact) mass is 302 g/mol. The quantitative estimate of drug-likeness (QED) is 0.725. The van der Waals surface area contributed by atoms with Crippen molar-refractivity contribution in [2.75, 3.05) is 26.2 Å². The molecule has 4 aliphatic rings. The fourth-order valence-corrected chi connectivity index (χ4v) is 5.82. The highest BCUT2D eigenvalue weighted by Crippen LogP contribution is 2.38. The first-order valence-electron chi connectivity index (χ1n) is 10.0. The first kappa shape index (κ1) is 15.2. The van der Waals surface area contributed by atoms with Gasteiger partial charge in [-0.1, -0.05) is 31.4 Å². The van der Waals surface area contributed by atoms with Crippen LogP contribution in [0.25, 0.3) is 0 Å². The second kappa shape index (κ2) is 7.05. The SMILES string of the molecule is C1=CC[C@H](CN2CCN3CCC[C@@H]3[C@@H]2C2CCCCC2)CC1. The van der Waals surface area contributed by atoms with E-state index in [0.717, 1.165) is 23.9 Å². The van der Waals surface area contributed by atoms with Crippen molar-refractivity contribution < 1.29 is 0 Å². The van der Waals surface area contributed by atoms with Gasteiger partial charge in [-0.2, -0.15) is 0 Å². The van der Waals surface area contributed by atoms with E-state index in [1.807, 2.05) is 0 Å². The average Bonchev–Trinajstić information content (AvgIpc) is 3.05. The third-order valence-electron chi connectivity index (χ3n) is 6.91. The van der Waals surface area contributed by atoms with Gasteiger partial charge in [0.1, 0.15) is 0 Å². The molecule has 0 amide bonds. The molecule has 0 aromatic rings. The van der Waals surface area contributed by atoms with E-state index in [-0.39, 0.29) is 0 Å². The molecule has 1 saturated carbocycles. The number of rotatable bonds is 3. The zero-order valence-electron chi connectivity index (χ0n) is 14.3. The number of allylic oxidation sites excluding steroid dienone is 2. The highest BCUT2D eigenvalue weighted by atomic mass is 15.3. The van der Waals surface area contributed by atoms with E-state index in [4.69, 9.17) is 0 Å². The highest BCUT2D eigenvalue weighted by molar-refractivity contribution is 5.00. The van der Waals surface area contributed by atoms with E-state index < -0.39 is 0 Å². The van der Waals surface area contributed by atoms with E-state index in [0.29, 0.717) is 0 Å². The van der Waals surface area contributed by atoms with E-state index in [1.54, 1.807) is 0 Å². The van der Waals surface area contributed by atoms with Crippen LogP contribution in [0.2, 0.25) is 0 Å². The summed E-state index contributed by atoms with van der Waals surface area (Å²) in [6.45, 7) is 5.46. The fraction of sp³-hybridized carbons (Fsp3) is 0.900. The zero-order valence-corrected chi connectivity index (χ0v) is 14.3. The van der Waals surface area contributed by atoms with Crippen LogP contribution in [-0.2, 0) is 0 Å². The lowest BCUT2D eigenvalue weighted by atomic mass is 9.78. The summed E-state index contributed by atoms with van der Waals surface area (Å²) in [7, 11) is 0. The van der Waals surface area contributed by atoms with Gasteiger partial charge in [0.05, 0.1) is 0 Å². The maximum atomic E-state index is 2.96. The van der Waals surface area contributed by atoms with Crippen LogP contribution in [0.3, 0.4) is 0 Å². The molecule has 124 valence electrons. The van der Waals surface area contributed by atoms with Gasteiger partial charge in [0.25, 0.3) is 0 Å². The van der Waals surface area contributed by atoms with E-state index in [9.17, 15) is 0 Å². The molecule has 3 atom stereocenters. The summed E-state index contributed by atoms with van der Waals surface area (Å²) in [5, 5.41) is 0. The predicted octanol–water partition coefficient (Wildman–Crippen LogP) is 4.07. The van der Waals surface area contributed by atoms with Crippen LogP contribution in [0.15, 0.2) is 12.2 Å². The minimum Gasteiger partial charge on any atom is -0.298 e. The van der Waals surface area contributed by atoms with Crippen molar-refractivity contribution in [1.29, 1.82) is 0 Å². The van der Waals surface area contributed by atoms with Crippen LogP contribution in [-0.4, -0.2) is 48.1 Å². The normalized spacial score (nSPS) is 38.3. The summed E-state index contributed by atoms with van der Waals surface area (Å²) in [5.41, 5.74) is 0. The summed E-state index contributed by atoms with van der Waals surface area (Å²) in [6, 6.07) is 1.79. The Labute approximate surface area is 136 Å². The molecule has 4 rings (SSSR count). The minimum absolute atomic E-state index is 0.891. The van der Waals surface area contributed by atoms with Crippen LogP contribution in [0.4, 0.5) is 0 Å². The molecule has 0 aromatic carbocycles. The molecule has 2 aliphatic heterocycles. The maximum Gasteiger partial charge on any atom is 0.0280 e. The number of hydrogen-bond donors (Lipinski definition) is 0. The molecule has 0 aromatic heterocycles. The molecule has 2 heteroatoms. The fourth-order valence-electron chi connectivity index (χ4n) is 5.82. The molecule has 0 unspecified atom stereocenters. The molecule has 22 heavy (non-hydrogen) atoms. The van der Waals surface area contributed by atoms with Gasteiger partial charge >= 0.3 is 0 Å². The zero-order chi connectivity index (χ0) is 14.8. The first-order valence-corrected chi connectivity index (χ1v) is 10.0. The predicted molar refractivity (Wildman–Crippen MR) is 93.0 cm³/mol. The Balaban J connectivity index is 1.48. The van der Waals surface area contributed by atoms with Gasteiger partial charge in [-0.25, -0.2) is 0 Å². The minimum atomic E-state index is 0.891. The molecule has 2 heterocycles. The molecule has 2 saturated heterocycles. The Morgan fingerprint density at radius 1 is 0.818 bits per heavy atom. The van der Waals surface area contributed by atoms with Crippen LogP contribution >= 0.6 is 0 Å². The molecule has 0 N–H and O–H groups in total. The third-order valence-corrected chi connectivity index (χ3v) is 6.91. The molecule has 0 spiro atoms. The van der Waals surface area contributed by atoms with Crippen molar-refractivity contribution in [3.8, 4) is 0 Å². The van der Waals surface area contributed by atoms with E-state index in [1.165, 1.54) is 90.4 Å². The Kier molecular flexibility index (Phi) is 4.87. The average molecular weight is 303 g/mol. The number of piperazine rings is 1. The largest absolute Gasteiger partial charge is 0.298 e. The molecule has 3 fully saturated rings. The van der Waals surface area contributed by atoms with E-state index in [2.05, 4.69) is 22.0 Å². The van der Waals surface area contributed by atoms with Crippen molar-refractivity contribution in [1.82, 2.24) is 9.80 Å². The summed E-state index contributed by atoms with van der Waals surface area (Å²) in [6.07, 6.45) is 19.3. The standard InChI is InChI=1S/C20H34N2/c1-3-8-17(9-4-1)16-22-15-14-21-13-7-12-19(21)20(22)18-10-5-2-6-11-18/h1,3,17-20H,2,4-16H2/t17-,19+,20-/m0/s1. The molecular formula is C20H34N2. The van der Waals surface area contributed by atoms with Crippen molar-refractivity contribution in [2.24, 2.45) is 11.8 Å². The molecule has 0 radical (unpaired) electrons. The summed E-state index contributed by atoms with van der Waals surface area (Å²) in [4.78, 5) is 5.81. The molecule has 0 bridgehead atoms. The molecule has 2 nitrogen and oxygen atoms in total. The summed E-state index contributed by atoms with van der Waals surface area (Å²) in [5.74, 6) is 1.93. The Bertz CT molecular complexity index is 385. The van der Waals surface area contributed by atoms with Crippen molar-refractivity contribution >= 4 is 0 Å². The lowest BCUT2D eigenvalue weighted by Gasteiger charge is -2.50. The lowest BCUT2D eigenvalue weighted by molar-refractivity contribution is -0.00784. The number of hydrogen-bond acceptors (Lipinski definition) is 2. The number of nitrogens with zero attached hydrogens (tertiary/aromatic N) is 2. The first-order chi connectivity index (χ1) is 10.9. The summed E-state index contributed by atoms with van der Waals surface area (Å²) < 4.78 is 0. The molecular weight excluding hydrogens is 268 g/mol. The Morgan fingerprint density at radius 3 is 2.55 bits per heavy atom. The van der Waals surface area contributed by atoms with Gasteiger partial charge in [0.2, 0.25) is 0 Å². The van der Waals surface area contributed by atoms with Gasteiger partial charge in [-0.15, -0.1) is 0 Å². The van der Waals surface area contributed by atoms with E-state index >= 15 is 0 Å². The van der Waals surface area contributed by atoms with Gasteiger partial charge < -0.3 is 0 Å². The van der Waals surface area contributed by atoms with Crippen LogP contribution in [0, 0.1) is 11.8 Å². The van der Waals surface area contributed by atoms with Crippen molar-refractivity contribution in [3.05, 3.63) is 12.2 Å². The lowest BCUT2D eigenvalue weighted by Crippen LogP contribution is -2.60. The smallest absolute Gasteiger partial charge is 0.0280 e. The van der Waals surface area contributed by atoms with Gasteiger partial charge in [-0.3, -0.25) is 9.80 Å². The molecule has 2 aliphatic carbocycles. The Hall–Kier alpha value is -0.340. The second-order valence-electron chi connectivity index (χ2n) is 8.28. The topological polar surface area (TPSA) is 6.48 Å². The highest BCUT2D eigenvalue weighted by Gasteiger charge is 2.43. The second-order valence-corrected chi connectivity index (χ2v) is 8.28. The van der Waals surface area contributed by atoms with Crippen molar-refractivity contribution in [3.63, 3.8) is 0 Å². The summed E-state index contributed by atoms with van der Waals surface area (Å²) >= 11 is 0. The van der Waals surface area contributed by atoms with Crippen LogP contribution < -0.4 is 0 Å². The maximum absolute atomic E-state index is 2.96. The third kappa shape index (κ3) is 3.14. The van der Waals surface area contributed by atoms with Gasteiger partial charge in [0.15, 0.2) is 0 Å². The van der Waals surface area contributed by atoms with Gasteiger partial charge in [-0.05, 0) is 63.3 Å². The van der Waals surface area contributed by atoms with Gasteiger partial charge in [0, 0.05) is 31.7 Å². The van der Waals surface area contributed by atoms with Crippen LogP contribution in [0.1, 0.15) is 64.2 Å².